The van der Waals surface area contributed by atoms with Gasteiger partial charge in [0.15, 0.2) is 11.5 Å². The van der Waals surface area contributed by atoms with Gasteiger partial charge in [-0.2, -0.15) is 0 Å². The molecule has 1 aromatic carbocycles. The second-order valence-corrected chi connectivity index (χ2v) is 7.68. The van der Waals surface area contributed by atoms with Gasteiger partial charge in [0.2, 0.25) is 5.91 Å². The van der Waals surface area contributed by atoms with Crippen molar-refractivity contribution in [3.63, 3.8) is 0 Å². The van der Waals surface area contributed by atoms with Gasteiger partial charge in [-0.15, -0.1) is 11.8 Å². The van der Waals surface area contributed by atoms with Crippen molar-refractivity contribution in [3.8, 4) is 11.5 Å². The van der Waals surface area contributed by atoms with Crippen molar-refractivity contribution in [1.82, 2.24) is 5.32 Å². The summed E-state index contributed by atoms with van der Waals surface area (Å²) in [7, 11) is 0. The Morgan fingerprint density at radius 2 is 1.87 bits per heavy atom. The summed E-state index contributed by atoms with van der Waals surface area (Å²) in [5.74, 6) is 1.72. The Labute approximate surface area is 142 Å². The largest absolute Gasteiger partial charge is 0.490 e. The van der Waals surface area contributed by atoms with Gasteiger partial charge >= 0.3 is 0 Å². The lowest BCUT2D eigenvalue weighted by Gasteiger charge is -2.24. The average Bonchev–Trinajstić information content (AvgIpc) is 2.80. The van der Waals surface area contributed by atoms with Crippen LogP contribution in [0.15, 0.2) is 23.1 Å². The second-order valence-electron chi connectivity index (χ2n) is 6.26. The Hall–Kier alpha value is -1.36. The maximum absolute atomic E-state index is 12.4. The smallest absolute Gasteiger partial charge is 0.233 e. The van der Waals surface area contributed by atoms with Crippen LogP contribution in [0.4, 0.5) is 0 Å². The molecule has 1 saturated carbocycles. The zero-order chi connectivity index (χ0) is 16.1. The molecule has 3 rings (SSSR count). The van der Waals surface area contributed by atoms with Crippen LogP contribution < -0.4 is 14.8 Å². The van der Waals surface area contributed by atoms with Gasteiger partial charge in [0, 0.05) is 17.4 Å². The summed E-state index contributed by atoms with van der Waals surface area (Å²) in [5.41, 5.74) is 0. The fourth-order valence-corrected chi connectivity index (χ4v) is 3.95. The second kappa shape index (κ2) is 7.95. The monoisotopic (exact) mass is 335 g/mol. The van der Waals surface area contributed by atoms with Crippen LogP contribution >= 0.6 is 11.8 Å². The van der Waals surface area contributed by atoms with E-state index in [1.54, 1.807) is 11.8 Å². The van der Waals surface area contributed by atoms with E-state index in [-0.39, 0.29) is 11.2 Å². The molecule has 0 saturated heterocycles. The summed E-state index contributed by atoms with van der Waals surface area (Å²) in [6.45, 7) is 3.34. The van der Waals surface area contributed by atoms with E-state index in [0.717, 1.165) is 35.7 Å². The number of nitrogens with one attached hydrogen (secondary N) is 1. The molecule has 2 aliphatic rings. The van der Waals surface area contributed by atoms with Crippen LogP contribution in [0.3, 0.4) is 0 Å². The van der Waals surface area contributed by atoms with E-state index in [0.29, 0.717) is 19.3 Å². The summed E-state index contributed by atoms with van der Waals surface area (Å²) in [5, 5.41) is 3.09. The normalized spacial score (nSPS) is 19.7. The minimum atomic E-state index is -0.110. The predicted octanol–water partition coefficient (Wildman–Crippen LogP) is 3.78. The van der Waals surface area contributed by atoms with Crippen molar-refractivity contribution in [3.05, 3.63) is 18.2 Å². The van der Waals surface area contributed by atoms with E-state index in [1.165, 1.54) is 19.3 Å². The minimum absolute atomic E-state index is 0.110. The molecule has 0 radical (unpaired) electrons. The predicted molar refractivity (Wildman–Crippen MR) is 92.4 cm³/mol. The maximum Gasteiger partial charge on any atom is 0.233 e. The quantitative estimate of drug-likeness (QED) is 0.851. The molecule has 126 valence electrons. The molecule has 0 aromatic heterocycles. The van der Waals surface area contributed by atoms with Crippen LogP contribution in [0.2, 0.25) is 0 Å². The zero-order valence-corrected chi connectivity index (χ0v) is 14.5. The molecule has 1 unspecified atom stereocenters. The van der Waals surface area contributed by atoms with Crippen LogP contribution in [0, 0.1) is 0 Å². The molecule has 1 N–H and O–H groups in total. The van der Waals surface area contributed by atoms with Crippen LogP contribution in [0.5, 0.6) is 11.5 Å². The molecule has 1 aliphatic heterocycles. The highest BCUT2D eigenvalue weighted by Gasteiger charge is 2.21. The summed E-state index contributed by atoms with van der Waals surface area (Å²) in [4.78, 5) is 13.4. The van der Waals surface area contributed by atoms with Crippen molar-refractivity contribution < 1.29 is 14.3 Å². The van der Waals surface area contributed by atoms with Gasteiger partial charge in [0.05, 0.1) is 18.5 Å². The summed E-state index contributed by atoms with van der Waals surface area (Å²) in [6.07, 6.45) is 6.90. The van der Waals surface area contributed by atoms with E-state index >= 15 is 0 Å². The zero-order valence-electron chi connectivity index (χ0n) is 13.7. The Kier molecular flexibility index (Phi) is 5.70. The van der Waals surface area contributed by atoms with Crippen molar-refractivity contribution in [2.24, 2.45) is 0 Å². The number of benzene rings is 1. The molecule has 1 atom stereocenters. The maximum atomic E-state index is 12.4. The van der Waals surface area contributed by atoms with E-state index in [1.807, 2.05) is 25.1 Å². The van der Waals surface area contributed by atoms with Crippen LogP contribution in [0.1, 0.15) is 45.4 Å². The van der Waals surface area contributed by atoms with Crippen molar-refractivity contribution in [2.45, 2.75) is 61.6 Å². The molecule has 1 aliphatic carbocycles. The number of ether oxygens (including phenoxy) is 2. The standard InChI is InChI=1S/C18H25NO3S/c1-13(18(20)19-14-6-3-2-4-7-14)23-15-8-9-16-17(12-15)22-11-5-10-21-16/h8-9,12-14H,2-7,10-11H2,1H3,(H,19,20). The number of carbonyl (C=O) groups excluding carboxylic acids is 1. The fourth-order valence-electron chi connectivity index (χ4n) is 3.04. The van der Waals surface area contributed by atoms with E-state index < -0.39 is 0 Å². The van der Waals surface area contributed by atoms with Gasteiger partial charge < -0.3 is 14.8 Å². The number of fused-ring (bicyclic) bond motifs is 1. The third-order valence-electron chi connectivity index (χ3n) is 4.35. The Morgan fingerprint density at radius 3 is 2.65 bits per heavy atom. The first-order chi connectivity index (χ1) is 11.2. The van der Waals surface area contributed by atoms with Gasteiger partial charge in [0.1, 0.15) is 0 Å². The topological polar surface area (TPSA) is 47.6 Å². The lowest BCUT2D eigenvalue weighted by molar-refractivity contribution is -0.121. The van der Waals surface area contributed by atoms with E-state index in [9.17, 15) is 4.79 Å². The first-order valence-electron chi connectivity index (χ1n) is 8.59. The number of hydrogen-bond acceptors (Lipinski definition) is 4. The molecule has 1 aromatic rings. The molecular formula is C18H25NO3S. The lowest BCUT2D eigenvalue weighted by Crippen LogP contribution is -2.40. The number of hydrogen-bond donors (Lipinski definition) is 1. The Bertz CT molecular complexity index is 543. The van der Waals surface area contributed by atoms with Crippen LogP contribution in [-0.4, -0.2) is 30.4 Å². The highest BCUT2D eigenvalue weighted by atomic mass is 32.2. The third kappa shape index (κ3) is 4.56. The minimum Gasteiger partial charge on any atom is -0.490 e. The molecule has 1 fully saturated rings. The van der Waals surface area contributed by atoms with Gasteiger partial charge in [-0.3, -0.25) is 4.79 Å². The molecular weight excluding hydrogens is 310 g/mol. The molecule has 4 nitrogen and oxygen atoms in total. The van der Waals surface area contributed by atoms with Gasteiger partial charge in [-0.05, 0) is 38.0 Å². The van der Waals surface area contributed by atoms with Crippen molar-refractivity contribution >= 4 is 17.7 Å². The molecule has 23 heavy (non-hydrogen) atoms. The van der Waals surface area contributed by atoms with Gasteiger partial charge in [-0.1, -0.05) is 19.3 Å². The van der Waals surface area contributed by atoms with Crippen LogP contribution in [0.25, 0.3) is 0 Å². The van der Waals surface area contributed by atoms with Gasteiger partial charge in [-0.25, -0.2) is 0 Å². The molecule has 1 amide bonds. The SMILES string of the molecule is CC(Sc1ccc2c(c1)OCCCO2)C(=O)NC1CCCCC1. The van der Waals surface area contributed by atoms with Crippen molar-refractivity contribution in [2.75, 3.05) is 13.2 Å². The lowest BCUT2D eigenvalue weighted by atomic mass is 9.95. The number of rotatable bonds is 4. The fraction of sp³-hybridized carbons (Fsp3) is 0.611. The summed E-state index contributed by atoms with van der Waals surface area (Å²) in [6, 6.07) is 6.29. The van der Waals surface area contributed by atoms with Crippen molar-refractivity contribution in [1.29, 1.82) is 0 Å². The van der Waals surface area contributed by atoms with E-state index in [4.69, 9.17) is 9.47 Å². The molecule has 0 bridgehead atoms. The average molecular weight is 335 g/mol. The Balaban J connectivity index is 1.57. The molecule has 0 spiro atoms. The molecule has 5 heteroatoms. The summed E-state index contributed by atoms with van der Waals surface area (Å²) < 4.78 is 11.4. The first kappa shape index (κ1) is 16.5. The first-order valence-corrected chi connectivity index (χ1v) is 9.47. The molecule has 1 heterocycles. The highest BCUT2D eigenvalue weighted by Crippen LogP contribution is 2.35. The number of thioether (sulfide) groups is 1. The summed E-state index contributed by atoms with van der Waals surface area (Å²) >= 11 is 1.57. The van der Waals surface area contributed by atoms with Gasteiger partial charge in [0.25, 0.3) is 0 Å². The third-order valence-corrected chi connectivity index (χ3v) is 5.45. The highest BCUT2D eigenvalue weighted by molar-refractivity contribution is 8.00. The van der Waals surface area contributed by atoms with E-state index in [2.05, 4.69) is 5.32 Å². The number of carbonyl (C=O) groups is 1. The van der Waals surface area contributed by atoms with Crippen LogP contribution in [-0.2, 0) is 4.79 Å². The number of amides is 1. The Morgan fingerprint density at radius 1 is 1.13 bits per heavy atom.